The summed E-state index contributed by atoms with van der Waals surface area (Å²) in [5.41, 5.74) is 0.0261. The Morgan fingerprint density at radius 3 is 1.96 bits per heavy atom. The van der Waals surface area contributed by atoms with Crippen LogP contribution < -0.4 is 4.74 Å². The summed E-state index contributed by atoms with van der Waals surface area (Å²) in [6.07, 6.45) is -4.00. The topological polar surface area (TPSA) is 46.6 Å². The van der Waals surface area contributed by atoms with E-state index in [1.807, 2.05) is 0 Å². The molecule has 130 valence electrons. The number of hydrogen-bond acceptors (Lipinski definition) is 3. The van der Waals surface area contributed by atoms with Crippen molar-refractivity contribution in [2.45, 2.75) is 12.6 Å². The van der Waals surface area contributed by atoms with E-state index in [9.17, 15) is 22.8 Å². The van der Waals surface area contributed by atoms with Crippen LogP contribution in [-0.2, 0) is 6.18 Å². The highest BCUT2D eigenvalue weighted by molar-refractivity contribution is 6.21. The molecule has 4 nitrogen and oxygen atoms in total. The summed E-state index contributed by atoms with van der Waals surface area (Å²) >= 11 is 0. The van der Waals surface area contributed by atoms with Crippen LogP contribution in [0.25, 0.3) is 0 Å². The summed E-state index contributed by atoms with van der Waals surface area (Å²) in [5, 5.41) is 0. The number of nitrogens with zero attached hydrogens (tertiary/aromatic N) is 1. The van der Waals surface area contributed by atoms with Crippen molar-refractivity contribution >= 4 is 11.8 Å². The minimum Gasteiger partial charge on any atom is -0.494 e. The Kier molecular flexibility index (Phi) is 4.48. The second-order valence-electron chi connectivity index (χ2n) is 5.53. The molecule has 1 aliphatic rings. The molecule has 0 unspecified atom stereocenters. The average Bonchev–Trinajstić information content (AvgIpc) is 2.83. The Hall–Kier alpha value is -2.83. The van der Waals surface area contributed by atoms with E-state index in [0.717, 1.165) is 17.0 Å². The molecule has 0 N–H and O–H groups in total. The molecule has 0 bridgehead atoms. The van der Waals surface area contributed by atoms with Gasteiger partial charge >= 0.3 is 6.18 Å². The molecule has 0 aliphatic carbocycles. The number of fused-ring (bicyclic) bond motifs is 1. The summed E-state index contributed by atoms with van der Waals surface area (Å²) in [5.74, 6) is -0.374. The number of rotatable bonds is 5. The molecule has 2 aromatic carbocycles. The standard InChI is InChI=1S/C18H14F3NO3/c19-18(20,21)12-6-8-13(9-7-12)25-11-3-10-22-16(23)14-4-1-2-5-15(14)17(22)24/h1-2,4-9H,3,10-11H2. The number of amides is 2. The zero-order valence-electron chi connectivity index (χ0n) is 13.0. The summed E-state index contributed by atoms with van der Waals surface area (Å²) in [6, 6.07) is 11.0. The van der Waals surface area contributed by atoms with Crippen LogP contribution in [0.3, 0.4) is 0 Å². The van der Waals surface area contributed by atoms with Gasteiger partial charge in [0.2, 0.25) is 0 Å². The fraction of sp³-hybridized carbons (Fsp3) is 0.222. The lowest BCUT2D eigenvalue weighted by Crippen LogP contribution is -2.31. The SMILES string of the molecule is O=C1c2ccccc2C(=O)N1CCCOc1ccc(C(F)(F)F)cc1. The molecule has 0 atom stereocenters. The predicted octanol–water partition coefficient (Wildman–Crippen LogP) is 3.77. The average molecular weight is 349 g/mol. The van der Waals surface area contributed by atoms with Crippen LogP contribution in [0, 0.1) is 0 Å². The van der Waals surface area contributed by atoms with E-state index >= 15 is 0 Å². The van der Waals surface area contributed by atoms with Gasteiger partial charge in [-0.3, -0.25) is 14.5 Å². The maximum atomic E-state index is 12.5. The van der Waals surface area contributed by atoms with Crippen molar-refractivity contribution in [3.05, 3.63) is 65.2 Å². The van der Waals surface area contributed by atoms with E-state index in [1.165, 1.54) is 12.1 Å². The number of imide groups is 1. The van der Waals surface area contributed by atoms with Crippen LogP contribution in [0.4, 0.5) is 13.2 Å². The largest absolute Gasteiger partial charge is 0.494 e. The molecule has 0 spiro atoms. The molecular formula is C18H14F3NO3. The van der Waals surface area contributed by atoms with E-state index in [0.29, 0.717) is 23.3 Å². The smallest absolute Gasteiger partial charge is 0.416 e. The predicted molar refractivity (Wildman–Crippen MR) is 83.4 cm³/mol. The number of hydrogen-bond donors (Lipinski definition) is 0. The summed E-state index contributed by atoms with van der Waals surface area (Å²) in [4.78, 5) is 25.5. The van der Waals surface area contributed by atoms with E-state index in [1.54, 1.807) is 24.3 Å². The molecular weight excluding hydrogens is 335 g/mol. The minimum atomic E-state index is -4.38. The quantitative estimate of drug-likeness (QED) is 0.610. The Morgan fingerprint density at radius 2 is 1.44 bits per heavy atom. The van der Waals surface area contributed by atoms with Crippen molar-refractivity contribution in [3.63, 3.8) is 0 Å². The van der Waals surface area contributed by atoms with Gasteiger partial charge in [-0.25, -0.2) is 0 Å². The monoisotopic (exact) mass is 349 g/mol. The first-order valence-corrected chi connectivity index (χ1v) is 7.63. The molecule has 2 amide bonds. The normalized spacial score (nSPS) is 14.0. The maximum Gasteiger partial charge on any atom is 0.416 e. The van der Waals surface area contributed by atoms with Crippen LogP contribution in [0.1, 0.15) is 32.7 Å². The molecule has 1 aliphatic heterocycles. The van der Waals surface area contributed by atoms with Gasteiger partial charge in [-0.15, -0.1) is 0 Å². The Bertz CT molecular complexity index is 765. The molecule has 0 radical (unpaired) electrons. The van der Waals surface area contributed by atoms with Gasteiger partial charge in [-0.05, 0) is 42.8 Å². The zero-order valence-corrected chi connectivity index (χ0v) is 13.0. The molecule has 0 saturated carbocycles. The number of alkyl halides is 3. The van der Waals surface area contributed by atoms with Gasteiger partial charge in [0.15, 0.2) is 0 Å². The lowest BCUT2D eigenvalue weighted by atomic mass is 10.1. The first-order valence-electron chi connectivity index (χ1n) is 7.63. The van der Waals surface area contributed by atoms with Crippen molar-refractivity contribution in [2.24, 2.45) is 0 Å². The van der Waals surface area contributed by atoms with Gasteiger partial charge in [0.1, 0.15) is 5.75 Å². The van der Waals surface area contributed by atoms with Crippen LogP contribution >= 0.6 is 0 Å². The van der Waals surface area contributed by atoms with E-state index in [2.05, 4.69) is 0 Å². The van der Waals surface area contributed by atoms with Crippen molar-refractivity contribution in [1.82, 2.24) is 4.90 Å². The van der Waals surface area contributed by atoms with Crippen molar-refractivity contribution in [3.8, 4) is 5.75 Å². The van der Waals surface area contributed by atoms with Gasteiger partial charge in [-0.1, -0.05) is 12.1 Å². The van der Waals surface area contributed by atoms with Gasteiger partial charge in [0, 0.05) is 6.54 Å². The third-order valence-electron chi connectivity index (χ3n) is 3.85. The number of benzene rings is 2. The van der Waals surface area contributed by atoms with Crippen LogP contribution in [-0.4, -0.2) is 29.9 Å². The highest BCUT2D eigenvalue weighted by Gasteiger charge is 2.34. The van der Waals surface area contributed by atoms with Gasteiger partial charge in [-0.2, -0.15) is 13.2 Å². The third kappa shape index (κ3) is 3.50. The molecule has 0 fully saturated rings. The highest BCUT2D eigenvalue weighted by atomic mass is 19.4. The third-order valence-corrected chi connectivity index (χ3v) is 3.85. The van der Waals surface area contributed by atoms with E-state index in [4.69, 9.17) is 4.74 Å². The van der Waals surface area contributed by atoms with E-state index < -0.39 is 11.7 Å². The van der Waals surface area contributed by atoms with Crippen LogP contribution in [0.5, 0.6) is 5.75 Å². The number of halogens is 3. The number of carbonyl (C=O) groups is 2. The molecule has 7 heteroatoms. The fourth-order valence-electron chi connectivity index (χ4n) is 2.60. The van der Waals surface area contributed by atoms with Crippen molar-refractivity contribution < 1.29 is 27.5 Å². The zero-order chi connectivity index (χ0) is 18.0. The summed E-state index contributed by atoms with van der Waals surface area (Å²) in [6.45, 7) is 0.367. The maximum absolute atomic E-state index is 12.5. The van der Waals surface area contributed by atoms with Gasteiger partial charge in [0.25, 0.3) is 11.8 Å². The molecule has 0 saturated heterocycles. The second-order valence-corrected chi connectivity index (χ2v) is 5.53. The Labute approximate surface area is 141 Å². The second kappa shape index (κ2) is 6.58. The molecule has 1 heterocycles. The Balaban J connectivity index is 1.51. The minimum absolute atomic E-state index is 0.179. The molecule has 25 heavy (non-hydrogen) atoms. The molecule has 0 aromatic heterocycles. The fourth-order valence-corrected chi connectivity index (χ4v) is 2.60. The van der Waals surface area contributed by atoms with Gasteiger partial charge in [0.05, 0.1) is 23.3 Å². The highest BCUT2D eigenvalue weighted by Crippen LogP contribution is 2.30. The summed E-state index contributed by atoms with van der Waals surface area (Å²) in [7, 11) is 0. The Morgan fingerprint density at radius 1 is 0.880 bits per heavy atom. The number of ether oxygens (including phenoxy) is 1. The molecule has 3 rings (SSSR count). The van der Waals surface area contributed by atoms with E-state index in [-0.39, 0.29) is 25.0 Å². The number of carbonyl (C=O) groups excluding carboxylic acids is 2. The lowest BCUT2D eigenvalue weighted by molar-refractivity contribution is -0.137. The first-order chi connectivity index (χ1) is 11.9. The van der Waals surface area contributed by atoms with Gasteiger partial charge < -0.3 is 4.74 Å². The first kappa shape index (κ1) is 17.0. The van der Waals surface area contributed by atoms with Crippen molar-refractivity contribution in [2.75, 3.05) is 13.2 Å². The summed E-state index contributed by atoms with van der Waals surface area (Å²) < 4.78 is 42.8. The molecule has 2 aromatic rings. The van der Waals surface area contributed by atoms with Crippen LogP contribution in [0.15, 0.2) is 48.5 Å². The van der Waals surface area contributed by atoms with Crippen molar-refractivity contribution in [1.29, 1.82) is 0 Å². The lowest BCUT2D eigenvalue weighted by Gasteiger charge is -2.14. The van der Waals surface area contributed by atoms with Crippen LogP contribution in [0.2, 0.25) is 0 Å².